The Labute approximate surface area is 237 Å². The van der Waals surface area contributed by atoms with Crippen molar-refractivity contribution in [2.24, 2.45) is 0 Å². The highest BCUT2D eigenvalue weighted by Gasteiger charge is 2.30. The van der Waals surface area contributed by atoms with E-state index < -0.39 is 20.7 Å². The molecule has 222 valence electrons. The Balaban J connectivity index is 1.72. The number of benzene rings is 1. The molecule has 3 heterocycles. The van der Waals surface area contributed by atoms with Crippen LogP contribution < -0.4 is 10.3 Å². The summed E-state index contributed by atoms with van der Waals surface area (Å²) >= 11 is 0. The molecule has 1 fully saturated rings. The fourth-order valence-corrected chi connectivity index (χ4v) is 6.59. The molecule has 14 nitrogen and oxygen atoms in total. The van der Waals surface area contributed by atoms with E-state index in [0.717, 1.165) is 12.7 Å². The van der Waals surface area contributed by atoms with Gasteiger partial charge in [-0.1, -0.05) is 20.3 Å². The number of carbonyl (C=O) groups excluding carboxylic acids is 1. The topological polar surface area (TPSA) is 167 Å². The third-order valence-corrected chi connectivity index (χ3v) is 8.97. The zero-order chi connectivity index (χ0) is 29.7. The van der Waals surface area contributed by atoms with Crippen LogP contribution in [-0.2, 0) is 27.7 Å². The van der Waals surface area contributed by atoms with Crippen LogP contribution in [-0.4, -0.2) is 94.7 Å². The number of aromatic amines is 1. The van der Waals surface area contributed by atoms with Crippen molar-refractivity contribution in [1.82, 2.24) is 23.8 Å². The number of nitrogens with one attached hydrogen (secondary N) is 1. The number of ether oxygens (including phenoxy) is 1. The maximum Gasteiger partial charge on any atom is 0.475 e. The van der Waals surface area contributed by atoms with Crippen molar-refractivity contribution >= 4 is 21.8 Å². The van der Waals surface area contributed by atoms with Gasteiger partial charge in [0.05, 0.1) is 22.8 Å². The first-order valence-electron chi connectivity index (χ1n) is 13.6. The standard InChI is InChI=1S/C26H34N6O8S/c1-4-7-22-21(17-33)19(5-2)24-26(34)27-25(28-31(22)24)20-16-18(8-9-23(20)39-6-3)41(37,38)30-12-10-29(11-13-30)14-15-40-32(35)36/h8-9,16-17H,4-7,10-15H2,1-3H3,(H-,27,28,34,35,36)/p+1. The van der Waals surface area contributed by atoms with Crippen LogP contribution in [0.5, 0.6) is 5.75 Å². The lowest BCUT2D eigenvalue weighted by atomic mass is 10.1. The van der Waals surface area contributed by atoms with Crippen LogP contribution in [0, 0.1) is 4.91 Å². The van der Waals surface area contributed by atoms with Crippen molar-refractivity contribution in [3.63, 3.8) is 0 Å². The van der Waals surface area contributed by atoms with Gasteiger partial charge in [-0.2, -0.15) is 9.14 Å². The second-order valence-electron chi connectivity index (χ2n) is 9.53. The summed E-state index contributed by atoms with van der Waals surface area (Å²) in [4.78, 5) is 45.0. The molecule has 1 saturated heterocycles. The van der Waals surface area contributed by atoms with Gasteiger partial charge < -0.3 is 9.72 Å². The summed E-state index contributed by atoms with van der Waals surface area (Å²) < 4.78 is 35.9. The second kappa shape index (κ2) is 12.8. The molecule has 1 aliphatic rings. The number of carbonyl (C=O) groups is 1. The van der Waals surface area contributed by atoms with Gasteiger partial charge in [-0.3, -0.25) is 14.5 Å². The van der Waals surface area contributed by atoms with E-state index in [1.807, 2.05) is 18.7 Å². The average Bonchev–Trinajstić information content (AvgIpc) is 3.26. The van der Waals surface area contributed by atoms with Crippen LogP contribution in [0.1, 0.15) is 48.8 Å². The van der Waals surface area contributed by atoms with Gasteiger partial charge >= 0.3 is 5.09 Å². The zero-order valence-electron chi connectivity index (χ0n) is 23.3. The molecule has 4 rings (SSSR count). The highest BCUT2D eigenvalue weighted by Crippen LogP contribution is 2.32. The van der Waals surface area contributed by atoms with E-state index in [0.29, 0.717) is 72.7 Å². The Bertz CT molecular complexity index is 1590. The van der Waals surface area contributed by atoms with Crippen molar-refractivity contribution in [3.05, 3.63) is 50.3 Å². The SMILES string of the molecule is CCCc1c(C=O)c(CC)c2c(=O)[nH]c(-c3cc(S(=O)(=O)N4CCN(CCO[N+](=O)O)CC4)ccc3OCC)nn12. The molecule has 0 aliphatic carbocycles. The smallest absolute Gasteiger partial charge is 0.475 e. The van der Waals surface area contributed by atoms with Gasteiger partial charge in [0.15, 0.2) is 18.7 Å². The van der Waals surface area contributed by atoms with Crippen molar-refractivity contribution in [2.75, 3.05) is 45.9 Å². The molecule has 2 N–H and O–H groups in total. The van der Waals surface area contributed by atoms with Gasteiger partial charge in [-0.05, 0) is 43.5 Å². The lowest BCUT2D eigenvalue weighted by Crippen LogP contribution is -2.49. The largest absolute Gasteiger partial charge is 0.493 e. The van der Waals surface area contributed by atoms with Gasteiger partial charge in [0, 0.05) is 38.3 Å². The molecule has 2 aromatic heterocycles. The fourth-order valence-electron chi connectivity index (χ4n) is 5.14. The maximum absolute atomic E-state index is 13.6. The molecular formula is C26H35N6O8S+. The molecule has 0 unspecified atom stereocenters. The summed E-state index contributed by atoms with van der Waals surface area (Å²) in [6, 6.07) is 4.45. The summed E-state index contributed by atoms with van der Waals surface area (Å²) in [5.41, 5.74) is 1.88. The first kappa shape index (κ1) is 30.1. The van der Waals surface area contributed by atoms with Crippen molar-refractivity contribution in [3.8, 4) is 17.1 Å². The van der Waals surface area contributed by atoms with Crippen molar-refractivity contribution < 1.29 is 33.1 Å². The van der Waals surface area contributed by atoms with E-state index in [2.05, 4.69) is 14.9 Å². The molecular weight excluding hydrogens is 556 g/mol. The highest BCUT2D eigenvalue weighted by atomic mass is 32.2. The molecule has 1 aromatic carbocycles. The molecule has 0 bridgehead atoms. The number of aldehydes is 1. The number of rotatable bonds is 13. The first-order valence-corrected chi connectivity index (χ1v) is 15.0. The Morgan fingerprint density at radius 3 is 2.51 bits per heavy atom. The van der Waals surface area contributed by atoms with Gasteiger partial charge in [0.1, 0.15) is 16.2 Å². The summed E-state index contributed by atoms with van der Waals surface area (Å²) in [7, 11) is -3.91. The third kappa shape index (κ3) is 6.11. The minimum atomic E-state index is -3.91. The van der Waals surface area contributed by atoms with E-state index in [1.165, 1.54) is 21.0 Å². The summed E-state index contributed by atoms with van der Waals surface area (Å²) in [5, 5.41) is 12.6. The predicted octanol–water partition coefficient (Wildman–Crippen LogP) is 1.82. The zero-order valence-corrected chi connectivity index (χ0v) is 24.1. The fraction of sp³-hybridized carbons (Fsp3) is 0.500. The molecule has 15 heteroatoms. The number of sulfonamides is 1. The third-order valence-electron chi connectivity index (χ3n) is 7.08. The summed E-state index contributed by atoms with van der Waals surface area (Å²) in [6.45, 7) is 7.51. The van der Waals surface area contributed by atoms with Crippen LogP contribution in [0.15, 0.2) is 27.9 Å². The molecule has 0 spiro atoms. The van der Waals surface area contributed by atoms with Gasteiger partial charge in [-0.15, -0.1) is 5.10 Å². The molecule has 0 atom stereocenters. The summed E-state index contributed by atoms with van der Waals surface area (Å²) in [5.74, 6) is 0.474. The average molecular weight is 592 g/mol. The Morgan fingerprint density at radius 2 is 1.90 bits per heavy atom. The molecule has 41 heavy (non-hydrogen) atoms. The van der Waals surface area contributed by atoms with E-state index in [1.54, 1.807) is 13.0 Å². The van der Waals surface area contributed by atoms with Crippen LogP contribution in [0.3, 0.4) is 0 Å². The quantitative estimate of drug-likeness (QED) is 0.221. The van der Waals surface area contributed by atoms with Crippen molar-refractivity contribution in [1.29, 1.82) is 0 Å². The van der Waals surface area contributed by atoms with Crippen molar-refractivity contribution in [2.45, 2.75) is 44.9 Å². The summed E-state index contributed by atoms with van der Waals surface area (Å²) in [6.07, 6.45) is 2.50. The number of fused-ring (bicyclic) bond motifs is 1. The predicted molar refractivity (Wildman–Crippen MR) is 148 cm³/mol. The van der Waals surface area contributed by atoms with Crippen LogP contribution >= 0.6 is 0 Å². The number of piperazine rings is 1. The van der Waals surface area contributed by atoms with Crippen LogP contribution in [0.25, 0.3) is 16.9 Å². The monoisotopic (exact) mass is 591 g/mol. The van der Waals surface area contributed by atoms with Crippen LogP contribution in [0.4, 0.5) is 0 Å². The normalized spacial score (nSPS) is 14.8. The van der Waals surface area contributed by atoms with Gasteiger partial charge in [0.2, 0.25) is 10.0 Å². The second-order valence-corrected chi connectivity index (χ2v) is 11.5. The van der Waals surface area contributed by atoms with Gasteiger partial charge in [0.25, 0.3) is 5.56 Å². The van der Waals surface area contributed by atoms with E-state index in [-0.39, 0.29) is 30.4 Å². The molecule has 3 aromatic rings. The number of aryl methyl sites for hydroxylation is 2. The molecule has 0 radical (unpaired) electrons. The van der Waals surface area contributed by atoms with E-state index >= 15 is 0 Å². The number of hydrogen-bond donors (Lipinski definition) is 2. The Kier molecular flexibility index (Phi) is 9.40. The minimum absolute atomic E-state index is 0.0156. The number of nitrogens with zero attached hydrogens (tertiary/aromatic N) is 5. The van der Waals surface area contributed by atoms with Gasteiger partial charge in [-0.25, -0.2) is 18.1 Å². The lowest BCUT2D eigenvalue weighted by molar-refractivity contribution is -0.975. The molecule has 1 aliphatic heterocycles. The molecule has 0 saturated carbocycles. The molecule has 0 amide bonds. The lowest BCUT2D eigenvalue weighted by Gasteiger charge is -2.33. The number of hydrogen-bond acceptors (Lipinski definition) is 9. The van der Waals surface area contributed by atoms with Crippen LogP contribution in [0.2, 0.25) is 0 Å². The highest BCUT2D eigenvalue weighted by molar-refractivity contribution is 7.89. The maximum atomic E-state index is 13.6. The first-order chi connectivity index (χ1) is 19.7. The Morgan fingerprint density at radius 1 is 1.17 bits per heavy atom. The minimum Gasteiger partial charge on any atom is -0.493 e. The van der Waals surface area contributed by atoms with E-state index in [4.69, 9.17) is 9.94 Å². The van der Waals surface area contributed by atoms with E-state index in [9.17, 15) is 22.9 Å². The number of H-pyrrole nitrogens is 1. The number of aromatic nitrogens is 3. The Hall–Kier alpha value is -3.82.